The summed E-state index contributed by atoms with van der Waals surface area (Å²) in [6.45, 7) is 5.37. The molecule has 2 aromatic rings. The Bertz CT molecular complexity index is 527. The van der Waals surface area contributed by atoms with Crippen molar-refractivity contribution in [3.63, 3.8) is 0 Å². The lowest BCUT2D eigenvalue weighted by Crippen LogP contribution is -2.05. The molecule has 0 saturated heterocycles. The van der Waals surface area contributed by atoms with Gasteiger partial charge >= 0.3 is 0 Å². The van der Waals surface area contributed by atoms with Gasteiger partial charge in [0.15, 0.2) is 0 Å². The van der Waals surface area contributed by atoms with Crippen LogP contribution in [0.3, 0.4) is 0 Å². The Morgan fingerprint density at radius 2 is 2.25 bits per heavy atom. The number of rotatable bonds is 2. The van der Waals surface area contributed by atoms with E-state index in [1.165, 1.54) is 5.56 Å². The van der Waals surface area contributed by atoms with Crippen LogP contribution in [-0.4, -0.2) is 16.5 Å². The Morgan fingerprint density at radius 3 is 2.94 bits per heavy atom. The van der Waals surface area contributed by atoms with Crippen molar-refractivity contribution in [2.45, 2.75) is 19.8 Å². The Balaban J connectivity index is 2.01. The van der Waals surface area contributed by atoms with Crippen LogP contribution in [0, 0.1) is 11.3 Å². The van der Waals surface area contributed by atoms with Crippen LogP contribution in [0.2, 0.25) is 0 Å². The lowest BCUT2D eigenvalue weighted by Gasteiger charge is -2.02. The molecule has 1 heterocycles. The average Bonchev–Trinajstić information content (AvgIpc) is 2.62. The maximum absolute atomic E-state index is 5.81. The quantitative estimate of drug-likeness (QED) is 0.807. The van der Waals surface area contributed by atoms with E-state index >= 15 is 0 Å². The van der Waals surface area contributed by atoms with Crippen molar-refractivity contribution in [3.8, 4) is 0 Å². The van der Waals surface area contributed by atoms with E-state index in [-0.39, 0.29) is 0 Å². The number of imidazole rings is 1. The number of benzene rings is 1. The van der Waals surface area contributed by atoms with Crippen LogP contribution in [0.5, 0.6) is 0 Å². The highest BCUT2D eigenvalue weighted by Crippen LogP contribution is 2.63. The van der Waals surface area contributed by atoms with Gasteiger partial charge < -0.3 is 10.7 Å². The molecule has 84 valence electrons. The van der Waals surface area contributed by atoms with Gasteiger partial charge in [0.1, 0.15) is 0 Å². The van der Waals surface area contributed by atoms with Gasteiger partial charge in [-0.3, -0.25) is 0 Å². The zero-order chi connectivity index (χ0) is 11.3. The highest BCUT2D eigenvalue weighted by atomic mass is 14.9. The van der Waals surface area contributed by atoms with Gasteiger partial charge in [-0.2, -0.15) is 0 Å². The second-order valence-corrected chi connectivity index (χ2v) is 5.32. The van der Waals surface area contributed by atoms with E-state index in [2.05, 4.69) is 42.0 Å². The van der Waals surface area contributed by atoms with Gasteiger partial charge in [-0.15, -0.1) is 0 Å². The summed E-state index contributed by atoms with van der Waals surface area (Å²) in [5.41, 5.74) is 9.70. The average molecular weight is 215 g/mol. The maximum Gasteiger partial charge on any atom is 0.0931 e. The van der Waals surface area contributed by atoms with Crippen LogP contribution in [0.4, 0.5) is 0 Å². The van der Waals surface area contributed by atoms with E-state index in [4.69, 9.17) is 5.73 Å². The minimum Gasteiger partial charge on any atom is -0.345 e. The van der Waals surface area contributed by atoms with Gasteiger partial charge in [-0.1, -0.05) is 19.9 Å². The topological polar surface area (TPSA) is 54.7 Å². The van der Waals surface area contributed by atoms with Crippen LogP contribution in [0.1, 0.15) is 25.3 Å². The second kappa shape index (κ2) is 3.08. The summed E-state index contributed by atoms with van der Waals surface area (Å²) in [7, 11) is 0. The van der Waals surface area contributed by atoms with E-state index in [1.807, 2.05) is 0 Å². The van der Waals surface area contributed by atoms with Gasteiger partial charge in [0.25, 0.3) is 0 Å². The van der Waals surface area contributed by atoms with Crippen LogP contribution in [0.15, 0.2) is 24.5 Å². The molecule has 2 unspecified atom stereocenters. The van der Waals surface area contributed by atoms with Gasteiger partial charge in [0.2, 0.25) is 0 Å². The fourth-order valence-corrected chi connectivity index (χ4v) is 2.99. The van der Waals surface area contributed by atoms with Crippen molar-refractivity contribution in [2.24, 2.45) is 17.1 Å². The molecule has 0 aliphatic heterocycles. The lowest BCUT2D eigenvalue weighted by molar-refractivity contribution is 0.558. The molecule has 3 heteroatoms. The molecule has 3 rings (SSSR count). The fourth-order valence-electron chi connectivity index (χ4n) is 2.99. The third kappa shape index (κ3) is 1.21. The Labute approximate surface area is 95.1 Å². The van der Waals surface area contributed by atoms with Gasteiger partial charge in [0, 0.05) is 0 Å². The number of nitrogens with two attached hydrogens (primary N) is 1. The van der Waals surface area contributed by atoms with Crippen molar-refractivity contribution in [3.05, 3.63) is 30.1 Å². The number of aromatic amines is 1. The van der Waals surface area contributed by atoms with Crippen LogP contribution < -0.4 is 5.73 Å². The van der Waals surface area contributed by atoms with Crippen molar-refractivity contribution >= 4 is 11.0 Å². The lowest BCUT2D eigenvalue weighted by atomic mass is 10.0. The maximum atomic E-state index is 5.81. The molecule has 1 aromatic carbocycles. The first kappa shape index (κ1) is 9.85. The van der Waals surface area contributed by atoms with Gasteiger partial charge in [0.05, 0.1) is 17.4 Å². The molecule has 0 spiro atoms. The normalized spacial score (nSPS) is 27.2. The number of H-pyrrole nitrogens is 1. The van der Waals surface area contributed by atoms with Crippen molar-refractivity contribution in [1.29, 1.82) is 0 Å². The van der Waals surface area contributed by atoms with Gasteiger partial charge in [-0.25, -0.2) is 4.98 Å². The van der Waals surface area contributed by atoms with Crippen molar-refractivity contribution < 1.29 is 0 Å². The van der Waals surface area contributed by atoms with Crippen LogP contribution in [0.25, 0.3) is 11.0 Å². The van der Waals surface area contributed by atoms with E-state index in [1.54, 1.807) is 6.33 Å². The number of aromatic nitrogens is 2. The molecule has 1 saturated carbocycles. The summed E-state index contributed by atoms with van der Waals surface area (Å²) < 4.78 is 0. The predicted octanol–water partition coefficient (Wildman–Crippen LogP) is 2.26. The molecule has 16 heavy (non-hydrogen) atoms. The molecule has 1 fully saturated rings. The summed E-state index contributed by atoms with van der Waals surface area (Å²) in [4.78, 5) is 7.40. The number of hydrogen-bond acceptors (Lipinski definition) is 2. The van der Waals surface area contributed by atoms with Crippen LogP contribution in [-0.2, 0) is 0 Å². The number of nitrogens with one attached hydrogen (secondary N) is 1. The Hall–Kier alpha value is -1.35. The molecule has 1 aliphatic carbocycles. The molecule has 1 aromatic heterocycles. The molecule has 0 bridgehead atoms. The summed E-state index contributed by atoms with van der Waals surface area (Å²) in [5.74, 6) is 1.22. The fraction of sp³-hybridized carbons (Fsp3) is 0.462. The largest absolute Gasteiger partial charge is 0.345 e. The summed E-state index contributed by atoms with van der Waals surface area (Å²) in [5, 5.41) is 0. The SMILES string of the molecule is CC1(C)C(CN)C1c1ccc2nc[nH]c2c1. The summed E-state index contributed by atoms with van der Waals surface area (Å²) >= 11 is 0. The first-order valence-corrected chi connectivity index (χ1v) is 5.77. The second-order valence-electron chi connectivity index (χ2n) is 5.32. The minimum atomic E-state index is 0.350. The molecule has 3 nitrogen and oxygen atoms in total. The smallest absolute Gasteiger partial charge is 0.0931 e. The minimum absolute atomic E-state index is 0.350. The van der Waals surface area contributed by atoms with E-state index in [9.17, 15) is 0 Å². The highest BCUT2D eigenvalue weighted by Gasteiger charge is 2.57. The molecular formula is C13H17N3. The zero-order valence-electron chi connectivity index (χ0n) is 9.70. The Kier molecular flexibility index (Phi) is 1.89. The molecule has 2 atom stereocenters. The first-order chi connectivity index (χ1) is 7.64. The number of hydrogen-bond donors (Lipinski definition) is 2. The van der Waals surface area contributed by atoms with E-state index in [0.717, 1.165) is 17.6 Å². The monoisotopic (exact) mass is 215 g/mol. The third-order valence-corrected chi connectivity index (χ3v) is 4.11. The first-order valence-electron chi connectivity index (χ1n) is 5.77. The molecular weight excluding hydrogens is 198 g/mol. The van der Waals surface area contributed by atoms with Crippen molar-refractivity contribution in [2.75, 3.05) is 6.54 Å². The standard InChI is InChI=1S/C13H17N3/c1-13(2)9(6-14)12(13)8-3-4-10-11(5-8)16-7-15-10/h3-5,7,9,12H,6,14H2,1-2H3,(H,15,16). The molecule has 0 amide bonds. The van der Waals surface area contributed by atoms with Gasteiger partial charge in [-0.05, 0) is 41.5 Å². The number of fused-ring (bicyclic) bond motifs is 1. The van der Waals surface area contributed by atoms with E-state index in [0.29, 0.717) is 17.3 Å². The van der Waals surface area contributed by atoms with E-state index < -0.39 is 0 Å². The highest BCUT2D eigenvalue weighted by molar-refractivity contribution is 5.75. The zero-order valence-corrected chi connectivity index (χ0v) is 9.70. The molecule has 3 N–H and O–H groups in total. The van der Waals surface area contributed by atoms with Crippen LogP contribution >= 0.6 is 0 Å². The Morgan fingerprint density at radius 1 is 1.44 bits per heavy atom. The predicted molar refractivity (Wildman–Crippen MR) is 65.2 cm³/mol. The third-order valence-electron chi connectivity index (χ3n) is 4.11. The van der Waals surface area contributed by atoms with Crippen molar-refractivity contribution in [1.82, 2.24) is 9.97 Å². The number of nitrogens with zero attached hydrogens (tertiary/aromatic N) is 1. The summed E-state index contributed by atoms with van der Waals surface area (Å²) in [6, 6.07) is 6.48. The molecule has 1 aliphatic rings. The summed E-state index contributed by atoms with van der Waals surface area (Å²) in [6.07, 6.45) is 1.74. The molecule has 0 radical (unpaired) electrons.